The van der Waals surface area contributed by atoms with Gasteiger partial charge in [-0.25, -0.2) is 8.78 Å². The third-order valence-electron chi connectivity index (χ3n) is 5.72. The minimum absolute atomic E-state index is 0.0384. The number of aromatic nitrogens is 2. The molecule has 0 spiro atoms. The Labute approximate surface area is 189 Å². The number of halogens is 2. The zero-order chi connectivity index (χ0) is 22.9. The molecule has 0 fully saturated rings. The fourth-order valence-electron chi connectivity index (χ4n) is 4.02. The van der Waals surface area contributed by atoms with Crippen LogP contribution in [0.5, 0.6) is 5.75 Å². The first-order valence-electron chi connectivity index (χ1n) is 10.5. The second-order valence-electron chi connectivity index (χ2n) is 8.09. The summed E-state index contributed by atoms with van der Waals surface area (Å²) < 4.78 is 34.2. The first-order chi connectivity index (χ1) is 16.0. The van der Waals surface area contributed by atoms with Gasteiger partial charge in [-0.15, -0.1) is 0 Å². The number of carbonyl (C=O) groups excluding carboxylic acids is 1. The minimum atomic E-state index is -0.925. The summed E-state index contributed by atoms with van der Waals surface area (Å²) >= 11 is 0. The molecular formula is C26H21F2N3O2. The number of hydrogen-bond donors (Lipinski definition) is 0. The van der Waals surface area contributed by atoms with Crippen LogP contribution in [0.1, 0.15) is 27.0 Å². The molecule has 0 atom stereocenters. The molecule has 166 valence electrons. The lowest BCUT2D eigenvalue weighted by Gasteiger charge is -2.16. The number of ether oxygens (including phenoxy) is 1. The van der Waals surface area contributed by atoms with Crippen LogP contribution >= 0.6 is 0 Å². The molecule has 33 heavy (non-hydrogen) atoms. The molecule has 1 aliphatic rings. The number of amides is 1. The van der Waals surface area contributed by atoms with E-state index < -0.39 is 11.6 Å². The lowest BCUT2D eigenvalue weighted by atomic mass is 10.1. The van der Waals surface area contributed by atoms with Gasteiger partial charge in [0.25, 0.3) is 5.91 Å². The second kappa shape index (κ2) is 8.50. The Morgan fingerprint density at radius 1 is 0.970 bits per heavy atom. The molecule has 3 aromatic carbocycles. The summed E-state index contributed by atoms with van der Waals surface area (Å²) in [5.41, 5.74) is 5.02. The van der Waals surface area contributed by atoms with Crippen LogP contribution in [-0.4, -0.2) is 20.6 Å². The quantitative estimate of drug-likeness (QED) is 0.415. The predicted octanol–water partition coefficient (Wildman–Crippen LogP) is 5.10. The van der Waals surface area contributed by atoms with Crippen LogP contribution in [-0.2, 0) is 26.7 Å². The molecule has 0 saturated heterocycles. The monoisotopic (exact) mass is 445 g/mol. The van der Waals surface area contributed by atoms with Crippen molar-refractivity contribution in [3.63, 3.8) is 0 Å². The van der Waals surface area contributed by atoms with Gasteiger partial charge in [-0.2, -0.15) is 5.10 Å². The summed E-state index contributed by atoms with van der Waals surface area (Å²) in [5, 5.41) is 4.20. The average molecular weight is 445 g/mol. The number of aryl methyl sites for hydroxylation is 1. The van der Waals surface area contributed by atoms with Gasteiger partial charge in [-0.05, 0) is 40.5 Å². The highest BCUT2D eigenvalue weighted by Crippen LogP contribution is 2.32. The molecule has 0 N–H and O–H groups in total. The number of fused-ring (bicyclic) bond motifs is 1. The van der Waals surface area contributed by atoms with Gasteiger partial charge in [0.2, 0.25) is 0 Å². The Hall–Kier alpha value is -4.00. The third-order valence-corrected chi connectivity index (χ3v) is 5.72. The van der Waals surface area contributed by atoms with Crippen LogP contribution in [0.25, 0.3) is 11.1 Å². The summed E-state index contributed by atoms with van der Waals surface area (Å²) in [6.07, 6.45) is 3.77. The third kappa shape index (κ3) is 4.22. The fourth-order valence-corrected chi connectivity index (χ4v) is 4.02. The minimum Gasteiger partial charge on any atom is -0.488 e. The summed E-state index contributed by atoms with van der Waals surface area (Å²) in [4.78, 5) is 14.9. The maximum absolute atomic E-state index is 13.5. The smallest absolute Gasteiger partial charge is 0.258 e. The molecule has 5 nitrogen and oxygen atoms in total. The summed E-state index contributed by atoms with van der Waals surface area (Å²) in [5.74, 6) is -1.50. The average Bonchev–Trinajstić information content (AvgIpc) is 3.39. The molecule has 5 rings (SSSR count). The Kier molecular flexibility index (Phi) is 5.38. The molecule has 0 radical (unpaired) electrons. The van der Waals surface area contributed by atoms with Gasteiger partial charge in [0.15, 0.2) is 11.6 Å². The number of carbonyl (C=O) groups is 1. The molecule has 0 bridgehead atoms. The molecule has 1 amide bonds. The van der Waals surface area contributed by atoms with E-state index in [9.17, 15) is 13.6 Å². The highest BCUT2D eigenvalue weighted by atomic mass is 19.2. The van der Waals surface area contributed by atoms with Crippen molar-refractivity contribution >= 4 is 5.91 Å². The Morgan fingerprint density at radius 2 is 1.76 bits per heavy atom. The zero-order valence-corrected chi connectivity index (χ0v) is 18.0. The topological polar surface area (TPSA) is 47.4 Å². The van der Waals surface area contributed by atoms with E-state index in [0.717, 1.165) is 34.4 Å². The summed E-state index contributed by atoms with van der Waals surface area (Å²) in [7, 11) is 1.88. The molecule has 7 heteroatoms. The van der Waals surface area contributed by atoms with Crippen molar-refractivity contribution in [2.24, 2.45) is 7.05 Å². The van der Waals surface area contributed by atoms with Crippen molar-refractivity contribution in [2.75, 3.05) is 0 Å². The summed E-state index contributed by atoms with van der Waals surface area (Å²) in [6, 6.07) is 17.2. The van der Waals surface area contributed by atoms with E-state index in [2.05, 4.69) is 5.10 Å². The van der Waals surface area contributed by atoms with Crippen molar-refractivity contribution in [1.29, 1.82) is 0 Å². The lowest BCUT2D eigenvalue weighted by molar-refractivity contribution is 0.0763. The molecule has 1 aromatic heterocycles. The first-order valence-corrected chi connectivity index (χ1v) is 10.5. The van der Waals surface area contributed by atoms with E-state index in [1.807, 2.05) is 55.8 Å². The van der Waals surface area contributed by atoms with Crippen LogP contribution in [0.3, 0.4) is 0 Å². The Balaban J connectivity index is 1.29. The largest absolute Gasteiger partial charge is 0.488 e. The molecule has 0 aliphatic carbocycles. The van der Waals surface area contributed by atoms with Gasteiger partial charge in [0.05, 0.1) is 11.8 Å². The van der Waals surface area contributed by atoms with E-state index in [1.165, 1.54) is 6.07 Å². The van der Waals surface area contributed by atoms with Crippen molar-refractivity contribution in [1.82, 2.24) is 14.7 Å². The Morgan fingerprint density at radius 3 is 2.48 bits per heavy atom. The van der Waals surface area contributed by atoms with Gasteiger partial charge < -0.3 is 9.64 Å². The molecular weight excluding hydrogens is 424 g/mol. The fraction of sp³-hybridized carbons (Fsp3) is 0.154. The van der Waals surface area contributed by atoms with Crippen LogP contribution < -0.4 is 4.74 Å². The van der Waals surface area contributed by atoms with Crippen molar-refractivity contribution in [3.05, 3.63) is 107 Å². The summed E-state index contributed by atoms with van der Waals surface area (Å²) in [6.45, 7) is 1.00. The maximum Gasteiger partial charge on any atom is 0.258 e. The standard InChI is InChI=1S/C26H21F2N3O2/c1-30-14-21(12-29-30)19-8-5-17(6-9-19)13-31-15-20-3-2-4-24(25(20)26(31)32)33-16-18-7-10-22(27)23(28)11-18/h2-12,14H,13,15-16H2,1H3. The second-order valence-corrected chi connectivity index (χ2v) is 8.09. The van der Waals surface area contributed by atoms with Crippen molar-refractivity contribution in [3.8, 4) is 16.9 Å². The van der Waals surface area contributed by atoms with Crippen molar-refractivity contribution in [2.45, 2.75) is 19.7 Å². The molecule has 1 aliphatic heterocycles. The van der Waals surface area contributed by atoms with Gasteiger partial charge in [0, 0.05) is 31.9 Å². The number of hydrogen-bond acceptors (Lipinski definition) is 3. The van der Waals surface area contributed by atoms with Crippen LogP contribution in [0.4, 0.5) is 8.78 Å². The van der Waals surface area contributed by atoms with Gasteiger partial charge >= 0.3 is 0 Å². The van der Waals surface area contributed by atoms with E-state index in [-0.39, 0.29) is 12.5 Å². The van der Waals surface area contributed by atoms with Gasteiger partial charge in [-0.1, -0.05) is 42.5 Å². The maximum atomic E-state index is 13.5. The van der Waals surface area contributed by atoms with Crippen LogP contribution in [0.2, 0.25) is 0 Å². The van der Waals surface area contributed by atoms with Crippen LogP contribution in [0, 0.1) is 11.6 Å². The predicted molar refractivity (Wildman–Crippen MR) is 119 cm³/mol. The van der Waals surface area contributed by atoms with E-state index in [0.29, 0.717) is 30.0 Å². The number of nitrogens with zero attached hydrogens (tertiary/aromatic N) is 3. The van der Waals surface area contributed by atoms with E-state index in [1.54, 1.807) is 15.6 Å². The highest BCUT2D eigenvalue weighted by molar-refractivity contribution is 6.01. The molecule has 4 aromatic rings. The molecule has 0 unspecified atom stereocenters. The molecule has 2 heterocycles. The first kappa shape index (κ1) is 20.9. The normalized spacial score (nSPS) is 12.8. The molecule has 0 saturated carbocycles. The van der Waals surface area contributed by atoms with E-state index >= 15 is 0 Å². The van der Waals surface area contributed by atoms with Crippen molar-refractivity contribution < 1.29 is 18.3 Å². The van der Waals surface area contributed by atoms with Gasteiger partial charge in [-0.3, -0.25) is 9.48 Å². The van der Waals surface area contributed by atoms with Gasteiger partial charge in [0.1, 0.15) is 12.4 Å². The zero-order valence-electron chi connectivity index (χ0n) is 18.0. The van der Waals surface area contributed by atoms with Crippen LogP contribution in [0.15, 0.2) is 73.1 Å². The van der Waals surface area contributed by atoms with E-state index in [4.69, 9.17) is 4.74 Å². The number of benzene rings is 3. The Bertz CT molecular complexity index is 1330. The SMILES string of the molecule is Cn1cc(-c2ccc(CN3Cc4cccc(OCc5ccc(F)c(F)c5)c4C3=O)cc2)cn1. The lowest BCUT2D eigenvalue weighted by Crippen LogP contribution is -2.23. The highest BCUT2D eigenvalue weighted by Gasteiger charge is 2.30. The number of rotatable bonds is 6.